The normalized spacial score (nSPS) is 12.0. The van der Waals surface area contributed by atoms with Crippen LogP contribution in [0.1, 0.15) is 114 Å². The molecule has 3 rings (SSSR count). The van der Waals surface area contributed by atoms with Gasteiger partial charge in [-0.3, -0.25) is 4.79 Å². The molecule has 0 radical (unpaired) electrons. The van der Waals surface area contributed by atoms with Crippen molar-refractivity contribution in [1.82, 2.24) is 0 Å². The first-order chi connectivity index (χ1) is 18.6. The monoisotopic (exact) mass is 516 g/mol. The molecule has 0 aromatic heterocycles. The number of carbonyl (C=O) groups is 1. The van der Waals surface area contributed by atoms with Crippen LogP contribution in [-0.2, 0) is 6.61 Å². The predicted molar refractivity (Wildman–Crippen MR) is 160 cm³/mol. The maximum Gasteiger partial charge on any atom is 0.163 e. The highest BCUT2D eigenvalue weighted by Gasteiger charge is 2.10. The third-order valence-corrected chi connectivity index (χ3v) is 7.46. The van der Waals surface area contributed by atoms with Crippen LogP contribution in [0.3, 0.4) is 0 Å². The van der Waals surface area contributed by atoms with Crippen LogP contribution in [0.5, 0.6) is 11.5 Å². The molecule has 0 heterocycles. The number of rotatable bonds is 19. The molecular formula is C35H48O3. The molecule has 0 unspecified atom stereocenters. The lowest BCUT2D eigenvalue weighted by Gasteiger charge is -2.10. The van der Waals surface area contributed by atoms with Gasteiger partial charge in [-0.05, 0) is 52.9 Å². The molecule has 1 atom stereocenters. The lowest BCUT2D eigenvalue weighted by Crippen LogP contribution is -2.05. The molecule has 0 N–H and O–H groups in total. The van der Waals surface area contributed by atoms with Crippen LogP contribution in [0, 0.1) is 5.92 Å². The van der Waals surface area contributed by atoms with Gasteiger partial charge in [-0.25, -0.2) is 0 Å². The van der Waals surface area contributed by atoms with Gasteiger partial charge in [0.25, 0.3) is 0 Å². The zero-order valence-electron chi connectivity index (χ0n) is 24.0. The Morgan fingerprint density at radius 1 is 0.684 bits per heavy atom. The van der Waals surface area contributed by atoms with E-state index in [4.69, 9.17) is 9.47 Å². The largest absolute Gasteiger partial charge is 0.494 e. The number of fused-ring (bicyclic) bond motifs is 1. The average Bonchev–Trinajstić information content (AvgIpc) is 2.94. The van der Waals surface area contributed by atoms with Gasteiger partial charge in [0.2, 0.25) is 0 Å². The summed E-state index contributed by atoms with van der Waals surface area (Å²) in [6.07, 6.45) is 15.0. The third-order valence-electron chi connectivity index (χ3n) is 7.46. The molecule has 0 aliphatic heterocycles. The Morgan fingerprint density at radius 2 is 1.24 bits per heavy atom. The summed E-state index contributed by atoms with van der Waals surface area (Å²) in [5.41, 5.74) is 1.84. The Morgan fingerprint density at radius 3 is 1.82 bits per heavy atom. The molecule has 38 heavy (non-hydrogen) atoms. The number of carbonyl (C=O) groups excluding carboxylic acids is 1. The van der Waals surface area contributed by atoms with Crippen molar-refractivity contribution < 1.29 is 14.3 Å². The van der Waals surface area contributed by atoms with Crippen molar-refractivity contribution in [2.75, 3.05) is 6.61 Å². The average molecular weight is 517 g/mol. The van der Waals surface area contributed by atoms with Gasteiger partial charge in [-0.2, -0.15) is 0 Å². The van der Waals surface area contributed by atoms with Crippen molar-refractivity contribution in [1.29, 1.82) is 0 Å². The van der Waals surface area contributed by atoms with Gasteiger partial charge in [0, 0.05) is 12.0 Å². The maximum atomic E-state index is 12.4. The topological polar surface area (TPSA) is 35.5 Å². The second-order valence-corrected chi connectivity index (χ2v) is 10.8. The van der Waals surface area contributed by atoms with Crippen molar-refractivity contribution in [2.45, 2.75) is 104 Å². The van der Waals surface area contributed by atoms with Gasteiger partial charge in [0.05, 0.1) is 6.61 Å². The molecule has 3 aromatic carbocycles. The molecule has 0 saturated carbocycles. The fourth-order valence-corrected chi connectivity index (χ4v) is 4.69. The van der Waals surface area contributed by atoms with E-state index in [1.807, 2.05) is 30.3 Å². The first kappa shape index (κ1) is 29.7. The number of benzene rings is 3. The molecule has 0 saturated heterocycles. The smallest absolute Gasteiger partial charge is 0.163 e. The van der Waals surface area contributed by atoms with Crippen LogP contribution < -0.4 is 9.47 Å². The summed E-state index contributed by atoms with van der Waals surface area (Å²) in [5.74, 6) is 2.41. The highest BCUT2D eigenvalue weighted by atomic mass is 16.5. The number of unbranched alkanes of at least 4 members (excludes halogenated alkanes) is 9. The van der Waals surface area contributed by atoms with Crippen LogP contribution >= 0.6 is 0 Å². The molecule has 0 aliphatic carbocycles. The summed E-state index contributed by atoms with van der Waals surface area (Å²) in [5, 5.41) is 2.29. The summed E-state index contributed by atoms with van der Waals surface area (Å²) in [7, 11) is 0. The summed E-state index contributed by atoms with van der Waals surface area (Å²) < 4.78 is 12.1. The van der Waals surface area contributed by atoms with Crippen LogP contribution in [0.2, 0.25) is 0 Å². The van der Waals surface area contributed by atoms with E-state index in [1.165, 1.54) is 57.8 Å². The quantitative estimate of drug-likeness (QED) is 0.117. The molecule has 0 aliphatic rings. The summed E-state index contributed by atoms with van der Waals surface area (Å²) >= 11 is 0. The third kappa shape index (κ3) is 10.5. The molecule has 0 bridgehead atoms. The van der Waals surface area contributed by atoms with Crippen molar-refractivity contribution in [2.24, 2.45) is 5.92 Å². The minimum Gasteiger partial charge on any atom is -0.494 e. The molecule has 3 heteroatoms. The lowest BCUT2D eigenvalue weighted by molar-refractivity contribution is 0.0963. The van der Waals surface area contributed by atoms with Crippen molar-refractivity contribution in [3.63, 3.8) is 0 Å². The number of hydrogen-bond donors (Lipinski definition) is 0. The van der Waals surface area contributed by atoms with E-state index in [0.717, 1.165) is 52.8 Å². The van der Waals surface area contributed by atoms with E-state index in [-0.39, 0.29) is 5.78 Å². The van der Waals surface area contributed by atoms with Crippen LogP contribution in [0.4, 0.5) is 0 Å². The SMILES string of the molecule is CCCCCCCCCCCCOc1ccc2cc(OCc3ccc(C(=O)C[C@H](C)CC)cc3)ccc2c1. The zero-order chi connectivity index (χ0) is 27.0. The highest BCUT2D eigenvalue weighted by Crippen LogP contribution is 2.26. The Kier molecular flexibility index (Phi) is 13.2. The Bertz CT molecular complexity index is 1090. The van der Waals surface area contributed by atoms with Crippen LogP contribution in [0.15, 0.2) is 60.7 Å². The Balaban J connectivity index is 1.37. The summed E-state index contributed by atoms with van der Waals surface area (Å²) in [4.78, 5) is 12.4. The van der Waals surface area contributed by atoms with Crippen molar-refractivity contribution >= 4 is 16.6 Å². The molecule has 0 fully saturated rings. The van der Waals surface area contributed by atoms with Gasteiger partial charge in [-0.15, -0.1) is 0 Å². The van der Waals surface area contributed by atoms with E-state index in [0.29, 0.717) is 18.9 Å². The molecule has 0 spiro atoms. The highest BCUT2D eigenvalue weighted by molar-refractivity contribution is 5.96. The molecule has 206 valence electrons. The first-order valence-corrected chi connectivity index (χ1v) is 15.0. The van der Waals surface area contributed by atoms with E-state index in [9.17, 15) is 4.79 Å². The number of ether oxygens (including phenoxy) is 2. The van der Waals surface area contributed by atoms with Crippen LogP contribution in [0.25, 0.3) is 10.8 Å². The Labute approximate surface area is 230 Å². The lowest BCUT2D eigenvalue weighted by atomic mass is 9.97. The predicted octanol–water partition coefficient (Wildman–Crippen LogP) is 10.3. The Hall–Kier alpha value is -2.81. The molecule has 3 aromatic rings. The van der Waals surface area contributed by atoms with Gasteiger partial charge >= 0.3 is 0 Å². The number of Topliss-reactive ketones (excluding diaryl/α,β-unsaturated/α-hetero) is 1. The van der Waals surface area contributed by atoms with Crippen molar-refractivity contribution in [3.05, 3.63) is 71.8 Å². The fourth-order valence-electron chi connectivity index (χ4n) is 4.69. The van der Waals surface area contributed by atoms with Gasteiger partial charge in [0.15, 0.2) is 5.78 Å². The zero-order valence-corrected chi connectivity index (χ0v) is 24.0. The fraction of sp³-hybridized carbons (Fsp3) is 0.514. The van der Waals surface area contributed by atoms with E-state index < -0.39 is 0 Å². The summed E-state index contributed by atoms with van der Waals surface area (Å²) in [6.45, 7) is 7.78. The maximum absolute atomic E-state index is 12.4. The summed E-state index contributed by atoms with van der Waals surface area (Å²) in [6, 6.07) is 20.3. The van der Waals surface area contributed by atoms with E-state index in [1.54, 1.807) is 0 Å². The number of ketones is 1. The van der Waals surface area contributed by atoms with Gasteiger partial charge < -0.3 is 9.47 Å². The van der Waals surface area contributed by atoms with E-state index >= 15 is 0 Å². The molecule has 0 amide bonds. The second kappa shape index (κ2) is 16.9. The number of hydrogen-bond acceptors (Lipinski definition) is 3. The van der Waals surface area contributed by atoms with Gasteiger partial charge in [0.1, 0.15) is 18.1 Å². The standard InChI is InChI=1S/C35H48O3/c1-4-6-7-8-9-10-11-12-13-14-23-37-33-21-19-32-26-34(22-20-31(32)25-33)38-27-29-15-17-30(18-16-29)35(36)24-28(3)5-2/h15-22,25-26,28H,4-14,23-24,27H2,1-3H3/t28-/m1/s1. The first-order valence-electron chi connectivity index (χ1n) is 15.0. The van der Waals surface area contributed by atoms with E-state index in [2.05, 4.69) is 51.1 Å². The minimum atomic E-state index is 0.216. The van der Waals surface area contributed by atoms with Crippen molar-refractivity contribution in [3.8, 4) is 11.5 Å². The second-order valence-electron chi connectivity index (χ2n) is 10.8. The molecule has 3 nitrogen and oxygen atoms in total. The minimum absolute atomic E-state index is 0.216. The molecular weight excluding hydrogens is 468 g/mol. The van der Waals surface area contributed by atoms with Crippen LogP contribution in [-0.4, -0.2) is 12.4 Å². The van der Waals surface area contributed by atoms with Gasteiger partial charge in [-0.1, -0.05) is 121 Å².